The second kappa shape index (κ2) is 10.6. The third-order valence-electron chi connectivity index (χ3n) is 6.44. The molecular weight excluding hydrogens is 498 g/mol. The van der Waals surface area contributed by atoms with Crippen LogP contribution in [-0.2, 0) is 16.0 Å². The number of esters is 1. The van der Waals surface area contributed by atoms with Gasteiger partial charge in [0.1, 0.15) is 5.75 Å². The van der Waals surface area contributed by atoms with E-state index in [1.54, 1.807) is 25.1 Å². The minimum Gasteiger partial charge on any atom is -0.507 e. The van der Waals surface area contributed by atoms with E-state index in [4.69, 9.17) is 16.3 Å². The molecule has 0 aliphatic rings. The highest BCUT2D eigenvalue weighted by Gasteiger charge is 2.13. The summed E-state index contributed by atoms with van der Waals surface area (Å²) in [6.45, 7) is 4.03. The molecule has 6 heteroatoms. The lowest BCUT2D eigenvalue weighted by Gasteiger charge is -2.11. The van der Waals surface area contributed by atoms with Crippen LogP contribution >= 0.6 is 11.6 Å². The molecule has 0 saturated heterocycles. The fourth-order valence-corrected chi connectivity index (χ4v) is 4.98. The van der Waals surface area contributed by atoms with Gasteiger partial charge >= 0.3 is 5.97 Å². The van der Waals surface area contributed by atoms with Gasteiger partial charge in [-0.05, 0) is 65.8 Å². The van der Waals surface area contributed by atoms with E-state index in [2.05, 4.69) is 4.98 Å². The summed E-state index contributed by atoms with van der Waals surface area (Å²) in [5.41, 5.74) is 6.77. The van der Waals surface area contributed by atoms with E-state index < -0.39 is 0 Å². The highest BCUT2D eigenvalue weighted by atomic mass is 35.5. The largest absolute Gasteiger partial charge is 0.507 e. The highest BCUT2D eigenvalue weighted by molar-refractivity contribution is 6.34. The zero-order valence-electron chi connectivity index (χ0n) is 21.0. The molecule has 1 heterocycles. The Hall–Kier alpha value is -4.35. The molecular formula is C32H26ClNO4. The van der Waals surface area contributed by atoms with Gasteiger partial charge in [0, 0.05) is 22.2 Å². The molecule has 0 unspecified atom stereocenters. The fraction of sp³-hybridized carbons (Fsp3) is 0.125. The van der Waals surface area contributed by atoms with Crippen molar-refractivity contribution in [1.82, 2.24) is 4.98 Å². The predicted octanol–water partition coefficient (Wildman–Crippen LogP) is 7.30. The molecule has 38 heavy (non-hydrogen) atoms. The van der Waals surface area contributed by atoms with E-state index in [0.29, 0.717) is 22.7 Å². The molecule has 0 bridgehead atoms. The molecule has 2 N–H and O–H groups in total. The second-order valence-corrected chi connectivity index (χ2v) is 9.62. The minimum absolute atomic E-state index is 0.143. The molecule has 0 aliphatic heterocycles. The Labute approximate surface area is 225 Å². The molecule has 0 fully saturated rings. The number of carbonyl (C=O) groups is 1. The molecule has 0 radical (unpaired) electrons. The average Bonchev–Trinajstić information content (AvgIpc) is 2.88. The van der Waals surface area contributed by atoms with Gasteiger partial charge in [-0.25, -0.2) is 0 Å². The van der Waals surface area contributed by atoms with Crippen molar-refractivity contribution in [2.45, 2.75) is 20.3 Å². The lowest BCUT2D eigenvalue weighted by molar-refractivity contribution is -0.142. The maximum absolute atomic E-state index is 13.0. The average molecular weight is 524 g/mol. The quantitative estimate of drug-likeness (QED) is 0.229. The number of carbonyl (C=O) groups excluding carboxylic acids is 1. The SMILES string of the molecule is CCOC(=O)Cc1cc(C)cc(-c2cc3cc(-c4ccc(-c5ccccc5O)cc4)c(Cl)cc3[nH]c2=O)c1. The van der Waals surface area contributed by atoms with Crippen molar-refractivity contribution < 1.29 is 14.6 Å². The summed E-state index contributed by atoms with van der Waals surface area (Å²) in [6.07, 6.45) is 0.143. The first-order chi connectivity index (χ1) is 18.3. The number of fused-ring (bicyclic) bond motifs is 1. The maximum Gasteiger partial charge on any atom is 0.310 e. The van der Waals surface area contributed by atoms with E-state index in [1.165, 1.54) is 0 Å². The normalized spacial score (nSPS) is 11.0. The Morgan fingerprint density at radius 3 is 2.26 bits per heavy atom. The molecule has 0 spiro atoms. The van der Waals surface area contributed by atoms with Crippen molar-refractivity contribution >= 4 is 28.5 Å². The number of aromatic amines is 1. The molecule has 5 rings (SSSR count). The summed E-state index contributed by atoms with van der Waals surface area (Å²) < 4.78 is 5.09. The number of aromatic nitrogens is 1. The Kier molecular flexibility index (Phi) is 7.03. The van der Waals surface area contributed by atoms with E-state index in [1.807, 2.05) is 73.7 Å². The summed E-state index contributed by atoms with van der Waals surface area (Å²) in [5.74, 6) is -0.0775. The zero-order chi connectivity index (χ0) is 26.8. The molecule has 0 atom stereocenters. The van der Waals surface area contributed by atoms with Crippen molar-refractivity contribution in [3.05, 3.63) is 111 Å². The summed E-state index contributed by atoms with van der Waals surface area (Å²) >= 11 is 6.64. The predicted molar refractivity (Wildman–Crippen MR) is 153 cm³/mol. The number of benzene rings is 4. The number of hydrogen-bond acceptors (Lipinski definition) is 4. The van der Waals surface area contributed by atoms with Gasteiger partial charge in [-0.3, -0.25) is 9.59 Å². The topological polar surface area (TPSA) is 79.4 Å². The Morgan fingerprint density at radius 1 is 0.868 bits per heavy atom. The third-order valence-corrected chi connectivity index (χ3v) is 6.76. The van der Waals surface area contributed by atoms with Crippen LogP contribution in [0.1, 0.15) is 18.1 Å². The number of para-hydroxylation sites is 1. The maximum atomic E-state index is 13.0. The summed E-state index contributed by atoms with van der Waals surface area (Å²) in [7, 11) is 0. The molecule has 1 aromatic heterocycles. The van der Waals surface area contributed by atoms with Gasteiger partial charge in [-0.15, -0.1) is 0 Å². The number of aryl methyl sites for hydroxylation is 1. The van der Waals surface area contributed by atoms with E-state index >= 15 is 0 Å². The summed E-state index contributed by atoms with van der Waals surface area (Å²) in [4.78, 5) is 28.0. The molecule has 5 aromatic rings. The first kappa shape index (κ1) is 25.3. The lowest BCUT2D eigenvalue weighted by Crippen LogP contribution is -2.10. The monoisotopic (exact) mass is 523 g/mol. The van der Waals surface area contributed by atoms with Gasteiger partial charge in [0.15, 0.2) is 0 Å². The van der Waals surface area contributed by atoms with Crippen LogP contribution in [0, 0.1) is 6.92 Å². The molecule has 0 aliphatic carbocycles. The number of phenols is 1. The summed E-state index contributed by atoms with van der Waals surface area (Å²) in [5, 5.41) is 11.5. The van der Waals surface area contributed by atoms with Crippen LogP contribution in [0.15, 0.2) is 89.7 Å². The van der Waals surface area contributed by atoms with Gasteiger partial charge in [0.2, 0.25) is 0 Å². The van der Waals surface area contributed by atoms with Crippen molar-refractivity contribution in [1.29, 1.82) is 0 Å². The first-order valence-electron chi connectivity index (χ1n) is 12.3. The van der Waals surface area contributed by atoms with Crippen LogP contribution < -0.4 is 5.56 Å². The van der Waals surface area contributed by atoms with Crippen molar-refractivity contribution in [2.24, 2.45) is 0 Å². The number of aromatic hydroxyl groups is 1. The van der Waals surface area contributed by atoms with E-state index in [-0.39, 0.29) is 23.7 Å². The zero-order valence-corrected chi connectivity index (χ0v) is 21.8. The Bertz CT molecular complexity index is 1720. The van der Waals surface area contributed by atoms with E-state index in [0.717, 1.165) is 44.3 Å². The van der Waals surface area contributed by atoms with Crippen molar-refractivity contribution in [3.63, 3.8) is 0 Å². The lowest BCUT2D eigenvalue weighted by atomic mass is 9.96. The third kappa shape index (κ3) is 5.20. The fourth-order valence-electron chi connectivity index (χ4n) is 4.71. The number of nitrogens with one attached hydrogen (secondary N) is 1. The Morgan fingerprint density at radius 2 is 1.55 bits per heavy atom. The molecule has 190 valence electrons. The number of halogens is 1. The molecule has 5 nitrogen and oxygen atoms in total. The highest BCUT2D eigenvalue weighted by Crippen LogP contribution is 2.35. The minimum atomic E-state index is -0.302. The van der Waals surface area contributed by atoms with Crippen LogP contribution in [0.2, 0.25) is 5.02 Å². The molecule has 0 amide bonds. The van der Waals surface area contributed by atoms with Gasteiger partial charge in [-0.2, -0.15) is 0 Å². The van der Waals surface area contributed by atoms with Crippen LogP contribution in [0.3, 0.4) is 0 Å². The summed E-state index contributed by atoms with van der Waals surface area (Å²) in [6, 6.07) is 26.3. The van der Waals surface area contributed by atoms with Crippen LogP contribution in [0.5, 0.6) is 5.75 Å². The smallest absolute Gasteiger partial charge is 0.310 e. The number of rotatable bonds is 6. The Balaban J connectivity index is 1.54. The van der Waals surface area contributed by atoms with E-state index in [9.17, 15) is 14.7 Å². The number of pyridine rings is 1. The number of hydrogen-bond donors (Lipinski definition) is 2. The number of H-pyrrole nitrogens is 1. The molecule has 0 saturated carbocycles. The van der Waals surface area contributed by atoms with Gasteiger partial charge in [-0.1, -0.05) is 77.8 Å². The number of ether oxygens (including phenoxy) is 1. The van der Waals surface area contributed by atoms with Gasteiger partial charge < -0.3 is 14.8 Å². The van der Waals surface area contributed by atoms with Crippen molar-refractivity contribution in [2.75, 3.05) is 6.61 Å². The standard InChI is InChI=1S/C32H26ClNO4/c1-3-38-31(36)15-20-12-19(2)13-23(14-20)27-17-24-16-26(28(33)18-29(24)34-32(27)37)22-10-8-21(9-11-22)25-6-4-5-7-30(25)35/h4-14,16-18,35H,3,15H2,1-2H3,(H,34,37). The first-order valence-corrected chi connectivity index (χ1v) is 12.7. The molecule has 4 aromatic carbocycles. The van der Waals surface area contributed by atoms with Crippen LogP contribution in [0.25, 0.3) is 44.3 Å². The van der Waals surface area contributed by atoms with Crippen LogP contribution in [0.4, 0.5) is 0 Å². The van der Waals surface area contributed by atoms with Crippen molar-refractivity contribution in [3.8, 4) is 39.1 Å². The van der Waals surface area contributed by atoms with Gasteiger partial charge in [0.25, 0.3) is 5.56 Å². The number of phenolic OH excluding ortho intramolecular Hbond substituents is 1. The van der Waals surface area contributed by atoms with Crippen LogP contribution in [-0.4, -0.2) is 22.7 Å². The van der Waals surface area contributed by atoms with Gasteiger partial charge in [0.05, 0.1) is 18.1 Å². The second-order valence-electron chi connectivity index (χ2n) is 9.22.